The standard InChI is InChI=1S/C20H23NO2S/c22-20(10-18-7-4-8-19(11-20)24-18)16-9-17(13-21-12-16)23-14-15-5-2-1-3-6-15/h1-3,5-6,9,12-13,18-19,22H,4,7-8,10-11,14H2. The number of hydrogen-bond donors (Lipinski definition) is 1. The van der Waals surface area contributed by atoms with Crippen LogP contribution >= 0.6 is 11.8 Å². The predicted molar refractivity (Wildman–Crippen MR) is 97.2 cm³/mol. The molecular weight excluding hydrogens is 318 g/mol. The summed E-state index contributed by atoms with van der Waals surface area (Å²) in [5.74, 6) is 0.730. The van der Waals surface area contributed by atoms with Crippen molar-refractivity contribution in [3.05, 3.63) is 59.9 Å². The van der Waals surface area contributed by atoms with E-state index in [9.17, 15) is 5.11 Å². The van der Waals surface area contributed by atoms with Gasteiger partial charge in [-0.05, 0) is 37.3 Å². The van der Waals surface area contributed by atoms with Crippen LogP contribution in [-0.4, -0.2) is 20.6 Å². The molecule has 0 amide bonds. The molecule has 1 aromatic heterocycles. The summed E-state index contributed by atoms with van der Waals surface area (Å²) < 4.78 is 5.88. The summed E-state index contributed by atoms with van der Waals surface area (Å²) in [5, 5.41) is 12.4. The molecule has 2 atom stereocenters. The molecule has 1 N–H and O–H groups in total. The van der Waals surface area contributed by atoms with Crippen LogP contribution in [0.3, 0.4) is 0 Å². The summed E-state index contributed by atoms with van der Waals surface area (Å²) in [4.78, 5) is 4.32. The van der Waals surface area contributed by atoms with Crippen LogP contribution in [0.2, 0.25) is 0 Å². The Morgan fingerprint density at radius 3 is 2.62 bits per heavy atom. The lowest BCUT2D eigenvalue weighted by atomic mass is 9.81. The predicted octanol–water partition coefficient (Wildman–Crippen LogP) is 4.30. The van der Waals surface area contributed by atoms with E-state index in [0.717, 1.165) is 29.7 Å². The Morgan fingerprint density at radius 2 is 1.88 bits per heavy atom. The molecule has 0 radical (unpaired) electrons. The van der Waals surface area contributed by atoms with Gasteiger partial charge in [-0.2, -0.15) is 11.8 Å². The number of hydrogen-bond acceptors (Lipinski definition) is 4. The fourth-order valence-electron chi connectivity index (χ4n) is 3.85. The van der Waals surface area contributed by atoms with Gasteiger partial charge in [0.25, 0.3) is 0 Å². The van der Waals surface area contributed by atoms with Gasteiger partial charge in [0.05, 0.1) is 11.8 Å². The number of nitrogens with zero attached hydrogens (tertiary/aromatic N) is 1. The molecule has 2 unspecified atom stereocenters. The van der Waals surface area contributed by atoms with Crippen LogP contribution in [0.1, 0.15) is 43.2 Å². The Morgan fingerprint density at radius 1 is 1.12 bits per heavy atom. The van der Waals surface area contributed by atoms with Crippen molar-refractivity contribution in [3.63, 3.8) is 0 Å². The second-order valence-corrected chi connectivity index (χ2v) is 8.54. The van der Waals surface area contributed by atoms with Crippen molar-refractivity contribution in [2.24, 2.45) is 0 Å². The molecule has 3 heterocycles. The van der Waals surface area contributed by atoms with Crippen LogP contribution in [0.4, 0.5) is 0 Å². The van der Waals surface area contributed by atoms with E-state index in [1.165, 1.54) is 19.3 Å². The molecule has 4 heteroatoms. The summed E-state index contributed by atoms with van der Waals surface area (Å²) in [7, 11) is 0. The van der Waals surface area contributed by atoms with E-state index in [-0.39, 0.29) is 0 Å². The molecule has 0 saturated carbocycles. The van der Waals surface area contributed by atoms with E-state index in [4.69, 9.17) is 4.74 Å². The highest BCUT2D eigenvalue weighted by Gasteiger charge is 2.42. The van der Waals surface area contributed by atoms with E-state index in [1.54, 1.807) is 12.4 Å². The molecule has 0 spiro atoms. The summed E-state index contributed by atoms with van der Waals surface area (Å²) in [6.07, 6.45) is 8.95. The Labute approximate surface area is 147 Å². The Hall–Kier alpha value is -1.52. The summed E-state index contributed by atoms with van der Waals surface area (Å²) in [6.45, 7) is 0.519. The van der Waals surface area contributed by atoms with E-state index in [0.29, 0.717) is 17.1 Å². The second-order valence-electron chi connectivity index (χ2n) is 6.93. The number of benzene rings is 1. The molecular formula is C20H23NO2S. The van der Waals surface area contributed by atoms with Crippen LogP contribution in [0.25, 0.3) is 0 Å². The molecule has 126 valence electrons. The highest BCUT2D eigenvalue weighted by atomic mass is 32.2. The SMILES string of the molecule is OC1(c2cncc(OCc3ccccc3)c2)CC2CCCC(C1)S2. The zero-order valence-corrected chi connectivity index (χ0v) is 14.5. The molecule has 2 saturated heterocycles. The van der Waals surface area contributed by atoms with Gasteiger partial charge in [-0.3, -0.25) is 4.98 Å². The van der Waals surface area contributed by atoms with E-state index < -0.39 is 5.60 Å². The zero-order chi connectivity index (χ0) is 16.4. The number of ether oxygens (including phenoxy) is 1. The molecule has 2 aliphatic heterocycles. The average molecular weight is 341 g/mol. The molecule has 1 aromatic carbocycles. The van der Waals surface area contributed by atoms with Crippen molar-refractivity contribution in [3.8, 4) is 5.75 Å². The van der Waals surface area contributed by atoms with Gasteiger partial charge in [0.2, 0.25) is 0 Å². The number of aromatic nitrogens is 1. The number of pyridine rings is 1. The third-order valence-corrected chi connectivity index (χ3v) is 6.64. The maximum Gasteiger partial charge on any atom is 0.138 e. The fraction of sp³-hybridized carbons (Fsp3) is 0.450. The highest BCUT2D eigenvalue weighted by molar-refractivity contribution is 8.00. The molecule has 3 nitrogen and oxygen atoms in total. The number of rotatable bonds is 4. The molecule has 4 rings (SSSR count). The second kappa shape index (κ2) is 6.77. The number of aliphatic hydroxyl groups is 1. The number of fused-ring (bicyclic) bond motifs is 2. The minimum atomic E-state index is -0.750. The molecule has 2 aromatic rings. The fourth-order valence-corrected chi connectivity index (χ4v) is 5.74. The van der Waals surface area contributed by atoms with E-state index in [1.807, 2.05) is 36.4 Å². The van der Waals surface area contributed by atoms with Crippen LogP contribution in [-0.2, 0) is 12.2 Å². The van der Waals surface area contributed by atoms with Gasteiger partial charge in [-0.15, -0.1) is 0 Å². The van der Waals surface area contributed by atoms with Gasteiger partial charge in [-0.1, -0.05) is 36.8 Å². The smallest absolute Gasteiger partial charge is 0.138 e. The van der Waals surface area contributed by atoms with Gasteiger partial charge in [-0.25, -0.2) is 0 Å². The summed E-state index contributed by atoms with van der Waals surface area (Å²) in [6, 6.07) is 12.1. The van der Waals surface area contributed by atoms with Crippen LogP contribution in [0.5, 0.6) is 5.75 Å². The monoisotopic (exact) mass is 341 g/mol. The maximum absolute atomic E-state index is 11.2. The molecule has 0 aliphatic carbocycles. The first kappa shape index (κ1) is 16.0. The van der Waals surface area contributed by atoms with Crippen LogP contribution < -0.4 is 4.74 Å². The lowest BCUT2D eigenvalue weighted by Crippen LogP contribution is -2.40. The minimum Gasteiger partial charge on any atom is -0.487 e. The van der Waals surface area contributed by atoms with Crippen LogP contribution in [0, 0.1) is 0 Å². The van der Waals surface area contributed by atoms with Crippen molar-refractivity contribution < 1.29 is 9.84 Å². The van der Waals surface area contributed by atoms with Crippen molar-refractivity contribution in [2.45, 2.75) is 54.8 Å². The quantitative estimate of drug-likeness (QED) is 0.900. The van der Waals surface area contributed by atoms with Crippen molar-refractivity contribution in [2.75, 3.05) is 0 Å². The van der Waals surface area contributed by atoms with Gasteiger partial charge in [0, 0.05) is 22.3 Å². The third kappa shape index (κ3) is 3.45. The largest absolute Gasteiger partial charge is 0.487 e. The van der Waals surface area contributed by atoms with Crippen molar-refractivity contribution >= 4 is 11.8 Å². The first-order valence-corrected chi connectivity index (χ1v) is 9.66. The summed E-state index contributed by atoms with van der Waals surface area (Å²) in [5.41, 5.74) is 1.29. The van der Waals surface area contributed by atoms with Crippen molar-refractivity contribution in [1.82, 2.24) is 4.98 Å². The highest BCUT2D eigenvalue weighted by Crippen LogP contribution is 2.49. The van der Waals surface area contributed by atoms with Gasteiger partial charge in [0.15, 0.2) is 0 Å². The van der Waals surface area contributed by atoms with Gasteiger partial charge in [0.1, 0.15) is 12.4 Å². The van der Waals surface area contributed by atoms with Crippen LogP contribution in [0.15, 0.2) is 48.8 Å². The Kier molecular flexibility index (Phi) is 4.51. The summed E-state index contributed by atoms with van der Waals surface area (Å²) >= 11 is 2.07. The van der Waals surface area contributed by atoms with E-state index >= 15 is 0 Å². The topological polar surface area (TPSA) is 42.4 Å². The Balaban J connectivity index is 1.49. The average Bonchev–Trinajstić information content (AvgIpc) is 2.61. The lowest BCUT2D eigenvalue weighted by Gasteiger charge is -2.44. The van der Waals surface area contributed by atoms with E-state index in [2.05, 4.69) is 16.7 Å². The first-order valence-electron chi connectivity index (χ1n) is 8.71. The van der Waals surface area contributed by atoms with Crippen molar-refractivity contribution in [1.29, 1.82) is 0 Å². The Bertz CT molecular complexity index is 679. The minimum absolute atomic E-state index is 0.519. The third-order valence-electron chi connectivity index (χ3n) is 5.07. The van der Waals surface area contributed by atoms with Gasteiger partial charge >= 0.3 is 0 Å². The lowest BCUT2D eigenvalue weighted by molar-refractivity contribution is 0.00757. The molecule has 2 fully saturated rings. The molecule has 24 heavy (non-hydrogen) atoms. The molecule has 2 bridgehead atoms. The zero-order valence-electron chi connectivity index (χ0n) is 13.7. The molecule has 2 aliphatic rings. The maximum atomic E-state index is 11.2. The normalized spacial score (nSPS) is 29.2. The number of thioether (sulfide) groups is 1. The first-order chi connectivity index (χ1) is 11.7. The van der Waals surface area contributed by atoms with Gasteiger partial charge < -0.3 is 9.84 Å².